The summed E-state index contributed by atoms with van der Waals surface area (Å²) in [5, 5.41) is 3.43. The Morgan fingerprint density at radius 1 is 1.31 bits per heavy atom. The highest BCUT2D eigenvalue weighted by atomic mass is 15.1. The largest absolute Gasteiger partial charge is 0.314 e. The van der Waals surface area contributed by atoms with Crippen molar-refractivity contribution in [3.8, 4) is 0 Å². The molecule has 1 heterocycles. The highest BCUT2D eigenvalue weighted by molar-refractivity contribution is 4.87. The first-order valence-corrected chi connectivity index (χ1v) is 5.61. The lowest BCUT2D eigenvalue weighted by Gasteiger charge is -2.39. The lowest BCUT2D eigenvalue weighted by atomic mass is 9.90. The molecule has 1 aliphatic heterocycles. The van der Waals surface area contributed by atoms with Gasteiger partial charge in [-0.3, -0.25) is 0 Å². The molecule has 1 saturated heterocycles. The molecule has 0 amide bonds. The van der Waals surface area contributed by atoms with E-state index in [0.29, 0.717) is 5.54 Å². The van der Waals surface area contributed by atoms with Crippen LogP contribution in [0.5, 0.6) is 0 Å². The molecular weight excluding hydrogens is 160 g/mol. The minimum absolute atomic E-state index is 0.405. The zero-order valence-electron chi connectivity index (χ0n) is 9.40. The van der Waals surface area contributed by atoms with Crippen molar-refractivity contribution in [2.45, 2.75) is 45.1 Å². The molecule has 0 unspecified atom stereocenters. The molecule has 0 spiro atoms. The minimum atomic E-state index is 0.405. The molecule has 0 aromatic rings. The average Bonchev–Trinajstić information content (AvgIpc) is 2.17. The molecule has 1 aliphatic rings. The summed E-state index contributed by atoms with van der Waals surface area (Å²) in [6, 6.07) is 0. The van der Waals surface area contributed by atoms with Crippen molar-refractivity contribution in [1.29, 1.82) is 0 Å². The normalized spacial score (nSPS) is 23.3. The summed E-state index contributed by atoms with van der Waals surface area (Å²) < 4.78 is 0. The standard InChI is InChI=1S/C11H24N2/c1-4-5-8-13-9-6-11(2,12-3)7-10-13/h12H,4-10H2,1-3H3. The van der Waals surface area contributed by atoms with Gasteiger partial charge in [0.1, 0.15) is 0 Å². The molecule has 1 N–H and O–H groups in total. The fourth-order valence-corrected chi connectivity index (χ4v) is 1.90. The van der Waals surface area contributed by atoms with Gasteiger partial charge in [0.15, 0.2) is 0 Å². The molecule has 0 saturated carbocycles. The highest BCUT2D eigenvalue weighted by Gasteiger charge is 2.27. The molecule has 2 nitrogen and oxygen atoms in total. The third kappa shape index (κ3) is 3.28. The van der Waals surface area contributed by atoms with E-state index in [0.717, 1.165) is 0 Å². The third-order valence-corrected chi connectivity index (χ3v) is 3.39. The summed E-state index contributed by atoms with van der Waals surface area (Å²) in [6.45, 7) is 8.46. The number of hydrogen-bond acceptors (Lipinski definition) is 2. The molecule has 78 valence electrons. The summed E-state index contributed by atoms with van der Waals surface area (Å²) in [7, 11) is 2.09. The van der Waals surface area contributed by atoms with E-state index in [2.05, 4.69) is 31.1 Å². The molecule has 1 rings (SSSR count). The van der Waals surface area contributed by atoms with Gasteiger partial charge in [-0.1, -0.05) is 13.3 Å². The van der Waals surface area contributed by atoms with Crippen LogP contribution >= 0.6 is 0 Å². The lowest BCUT2D eigenvalue weighted by Crippen LogP contribution is -2.50. The molecule has 2 heteroatoms. The molecule has 0 aromatic heterocycles. The van der Waals surface area contributed by atoms with Crippen LogP contribution in [0.15, 0.2) is 0 Å². The second-order valence-corrected chi connectivity index (χ2v) is 4.51. The van der Waals surface area contributed by atoms with Gasteiger partial charge in [-0.2, -0.15) is 0 Å². The second kappa shape index (κ2) is 4.97. The minimum Gasteiger partial charge on any atom is -0.314 e. The van der Waals surface area contributed by atoms with Gasteiger partial charge in [0.25, 0.3) is 0 Å². The van der Waals surface area contributed by atoms with Crippen LogP contribution < -0.4 is 5.32 Å². The Morgan fingerprint density at radius 2 is 1.92 bits per heavy atom. The van der Waals surface area contributed by atoms with Crippen LogP contribution in [-0.4, -0.2) is 37.1 Å². The van der Waals surface area contributed by atoms with Crippen LogP contribution in [0.25, 0.3) is 0 Å². The zero-order chi connectivity index (χ0) is 9.73. The van der Waals surface area contributed by atoms with Crippen LogP contribution in [0.3, 0.4) is 0 Å². The third-order valence-electron chi connectivity index (χ3n) is 3.39. The van der Waals surface area contributed by atoms with E-state index in [1.165, 1.54) is 45.3 Å². The van der Waals surface area contributed by atoms with Gasteiger partial charge in [0.2, 0.25) is 0 Å². The Kier molecular flexibility index (Phi) is 4.20. The van der Waals surface area contributed by atoms with Gasteiger partial charge in [-0.15, -0.1) is 0 Å². The van der Waals surface area contributed by atoms with E-state index in [-0.39, 0.29) is 0 Å². The second-order valence-electron chi connectivity index (χ2n) is 4.51. The van der Waals surface area contributed by atoms with Crippen molar-refractivity contribution < 1.29 is 0 Å². The summed E-state index contributed by atoms with van der Waals surface area (Å²) in [5.41, 5.74) is 0.405. The number of piperidine rings is 1. The topological polar surface area (TPSA) is 15.3 Å². The fraction of sp³-hybridized carbons (Fsp3) is 1.00. The van der Waals surface area contributed by atoms with E-state index < -0.39 is 0 Å². The van der Waals surface area contributed by atoms with Crippen LogP contribution in [-0.2, 0) is 0 Å². The molecular formula is C11H24N2. The van der Waals surface area contributed by atoms with Crippen molar-refractivity contribution in [2.24, 2.45) is 0 Å². The molecule has 0 aliphatic carbocycles. The van der Waals surface area contributed by atoms with Gasteiger partial charge in [0.05, 0.1) is 0 Å². The maximum Gasteiger partial charge on any atom is 0.0174 e. The van der Waals surface area contributed by atoms with Crippen LogP contribution in [0, 0.1) is 0 Å². The first kappa shape index (κ1) is 11.0. The van der Waals surface area contributed by atoms with Crippen molar-refractivity contribution in [3.05, 3.63) is 0 Å². The summed E-state index contributed by atoms with van der Waals surface area (Å²) >= 11 is 0. The Morgan fingerprint density at radius 3 is 2.38 bits per heavy atom. The SMILES string of the molecule is CCCCN1CCC(C)(NC)CC1. The maximum atomic E-state index is 3.43. The summed E-state index contributed by atoms with van der Waals surface area (Å²) in [6.07, 6.45) is 5.27. The van der Waals surface area contributed by atoms with E-state index in [4.69, 9.17) is 0 Å². The van der Waals surface area contributed by atoms with Crippen LogP contribution in [0.4, 0.5) is 0 Å². The zero-order valence-corrected chi connectivity index (χ0v) is 9.40. The van der Waals surface area contributed by atoms with E-state index in [9.17, 15) is 0 Å². The Bertz CT molecular complexity index is 137. The number of nitrogens with one attached hydrogen (secondary N) is 1. The summed E-state index contributed by atoms with van der Waals surface area (Å²) in [5.74, 6) is 0. The van der Waals surface area contributed by atoms with Crippen molar-refractivity contribution in [3.63, 3.8) is 0 Å². The van der Waals surface area contributed by atoms with Crippen LogP contribution in [0.2, 0.25) is 0 Å². The monoisotopic (exact) mass is 184 g/mol. The highest BCUT2D eigenvalue weighted by Crippen LogP contribution is 2.20. The van der Waals surface area contributed by atoms with Gasteiger partial charge in [-0.25, -0.2) is 0 Å². The summed E-state index contributed by atoms with van der Waals surface area (Å²) in [4.78, 5) is 2.60. The molecule has 0 radical (unpaired) electrons. The lowest BCUT2D eigenvalue weighted by molar-refractivity contribution is 0.151. The van der Waals surface area contributed by atoms with Crippen LogP contribution in [0.1, 0.15) is 39.5 Å². The Balaban J connectivity index is 2.22. The fourth-order valence-electron chi connectivity index (χ4n) is 1.90. The number of rotatable bonds is 4. The van der Waals surface area contributed by atoms with Crippen molar-refractivity contribution >= 4 is 0 Å². The predicted molar refractivity (Wildman–Crippen MR) is 58.0 cm³/mol. The van der Waals surface area contributed by atoms with Gasteiger partial charge < -0.3 is 10.2 Å². The molecule has 13 heavy (non-hydrogen) atoms. The van der Waals surface area contributed by atoms with Gasteiger partial charge in [0, 0.05) is 5.54 Å². The molecule has 0 aromatic carbocycles. The van der Waals surface area contributed by atoms with E-state index in [1.807, 2.05) is 0 Å². The number of unbranched alkanes of at least 4 members (excludes halogenated alkanes) is 1. The quantitative estimate of drug-likeness (QED) is 0.717. The molecule has 0 atom stereocenters. The first-order chi connectivity index (χ1) is 6.20. The maximum absolute atomic E-state index is 3.43. The van der Waals surface area contributed by atoms with Gasteiger partial charge in [-0.05, 0) is 52.9 Å². The van der Waals surface area contributed by atoms with Crippen molar-refractivity contribution in [2.75, 3.05) is 26.7 Å². The van der Waals surface area contributed by atoms with E-state index in [1.54, 1.807) is 0 Å². The van der Waals surface area contributed by atoms with Crippen molar-refractivity contribution in [1.82, 2.24) is 10.2 Å². The number of hydrogen-bond donors (Lipinski definition) is 1. The Hall–Kier alpha value is -0.0800. The average molecular weight is 184 g/mol. The number of likely N-dealkylation sites (tertiary alicyclic amines) is 1. The van der Waals surface area contributed by atoms with Gasteiger partial charge >= 0.3 is 0 Å². The van der Waals surface area contributed by atoms with E-state index >= 15 is 0 Å². The molecule has 0 bridgehead atoms. The predicted octanol–water partition coefficient (Wildman–Crippen LogP) is 1.86. The first-order valence-electron chi connectivity index (χ1n) is 5.61. The Labute approximate surface area is 82.7 Å². The molecule has 1 fully saturated rings. The number of nitrogens with zero attached hydrogens (tertiary/aromatic N) is 1. The smallest absolute Gasteiger partial charge is 0.0174 e.